The van der Waals surface area contributed by atoms with Gasteiger partial charge < -0.3 is 29.2 Å². The van der Waals surface area contributed by atoms with Crippen LogP contribution in [0.4, 0.5) is 17.5 Å². The smallest absolute Gasteiger partial charge is 0.229 e. The summed E-state index contributed by atoms with van der Waals surface area (Å²) in [5.74, 6) is 5.08. The summed E-state index contributed by atoms with van der Waals surface area (Å²) < 4.78 is 22.0. The lowest BCUT2D eigenvalue weighted by Crippen LogP contribution is -2.25. The minimum absolute atomic E-state index is 0.367. The molecule has 0 aliphatic rings. The van der Waals surface area contributed by atoms with E-state index in [2.05, 4.69) is 20.2 Å². The summed E-state index contributed by atoms with van der Waals surface area (Å²) >= 11 is 0. The third-order valence-corrected chi connectivity index (χ3v) is 7.68. The van der Waals surface area contributed by atoms with Crippen molar-refractivity contribution in [1.82, 2.24) is 24.9 Å². The van der Waals surface area contributed by atoms with Crippen LogP contribution in [0.5, 0.6) is 23.1 Å². The van der Waals surface area contributed by atoms with Crippen LogP contribution in [0.1, 0.15) is 22.5 Å². The standard InChI is InChI=1S/C38H37N7O4/c1-26-41-37(44-38(42-26)45(23-27-7-13-31(46-2)14-8-27)24-28-9-15-32(47-3)16-10-28)34-6-5-20-40-36(34)43-30-19-21-39-35(22-30)49-25-29-11-17-33(48-4)18-12-29/h5-22H,23-25H2,1-4H3,(H,39,40,43). The molecule has 0 spiro atoms. The first kappa shape index (κ1) is 32.7. The fourth-order valence-electron chi connectivity index (χ4n) is 5.10. The Morgan fingerprint density at radius 1 is 0.633 bits per heavy atom. The van der Waals surface area contributed by atoms with Crippen molar-refractivity contribution >= 4 is 17.5 Å². The van der Waals surface area contributed by atoms with Crippen LogP contribution in [0, 0.1) is 6.92 Å². The van der Waals surface area contributed by atoms with E-state index in [0.717, 1.165) is 45.2 Å². The largest absolute Gasteiger partial charge is 0.497 e. The molecule has 3 aromatic carbocycles. The number of hydrogen-bond acceptors (Lipinski definition) is 11. The average molecular weight is 656 g/mol. The Labute approximate surface area is 285 Å². The first-order valence-corrected chi connectivity index (χ1v) is 15.7. The Bertz CT molecular complexity index is 1920. The molecule has 0 fully saturated rings. The van der Waals surface area contributed by atoms with E-state index in [-0.39, 0.29) is 0 Å². The Balaban J connectivity index is 1.26. The molecular formula is C38H37N7O4. The van der Waals surface area contributed by atoms with Crippen LogP contribution >= 0.6 is 0 Å². The highest BCUT2D eigenvalue weighted by molar-refractivity contribution is 5.74. The number of ether oxygens (including phenoxy) is 4. The number of rotatable bonds is 14. The molecule has 0 bridgehead atoms. The lowest BCUT2D eigenvalue weighted by atomic mass is 10.1. The van der Waals surface area contributed by atoms with Crippen molar-refractivity contribution in [2.24, 2.45) is 0 Å². The topological polar surface area (TPSA) is 117 Å². The van der Waals surface area contributed by atoms with Crippen molar-refractivity contribution in [3.8, 4) is 34.5 Å². The maximum atomic E-state index is 5.98. The zero-order valence-electron chi connectivity index (χ0n) is 27.8. The predicted octanol–water partition coefficient (Wildman–Crippen LogP) is 7.19. The van der Waals surface area contributed by atoms with Crippen molar-refractivity contribution in [1.29, 1.82) is 0 Å². The van der Waals surface area contributed by atoms with Gasteiger partial charge in [-0.2, -0.15) is 9.97 Å². The molecule has 0 saturated heterocycles. The molecule has 49 heavy (non-hydrogen) atoms. The number of hydrogen-bond donors (Lipinski definition) is 1. The van der Waals surface area contributed by atoms with E-state index in [1.807, 2.05) is 104 Å². The van der Waals surface area contributed by atoms with Crippen LogP contribution in [-0.4, -0.2) is 46.2 Å². The van der Waals surface area contributed by atoms with Crippen molar-refractivity contribution < 1.29 is 18.9 Å². The number of aryl methyl sites for hydroxylation is 1. The number of methoxy groups -OCH3 is 3. The molecule has 0 aliphatic carbocycles. The Morgan fingerprint density at radius 2 is 1.22 bits per heavy atom. The van der Waals surface area contributed by atoms with E-state index >= 15 is 0 Å². The lowest BCUT2D eigenvalue weighted by molar-refractivity contribution is 0.294. The predicted molar refractivity (Wildman–Crippen MR) is 189 cm³/mol. The molecular weight excluding hydrogens is 618 g/mol. The number of pyridine rings is 2. The van der Waals surface area contributed by atoms with Gasteiger partial charge in [-0.3, -0.25) is 0 Å². The third kappa shape index (κ3) is 8.58. The second kappa shape index (κ2) is 15.6. The Kier molecular flexibility index (Phi) is 10.4. The Morgan fingerprint density at radius 3 is 1.82 bits per heavy atom. The molecule has 6 rings (SSSR count). The molecule has 0 unspecified atom stereocenters. The lowest BCUT2D eigenvalue weighted by Gasteiger charge is -2.24. The van der Waals surface area contributed by atoms with Crippen molar-refractivity contribution in [2.75, 3.05) is 31.5 Å². The number of nitrogens with one attached hydrogen (secondary N) is 1. The molecule has 248 valence electrons. The summed E-state index contributed by atoms with van der Waals surface area (Å²) in [6.07, 6.45) is 3.42. The average Bonchev–Trinajstić information content (AvgIpc) is 3.14. The summed E-state index contributed by atoms with van der Waals surface area (Å²) in [4.78, 5) is 25.6. The molecule has 11 nitrogen and oxygen atoms in total. The van der Waals surface area contributed by atoms with E-state index in [0.29, 0.717) is 49.0 Å². The number of aromatic nitrogens is 5. The van der Waals surface area contributed by atoms with Gasteiger partial charge in [-0.05, 0) is 78.2 Å². The second-order valence-electron chi connectivity index (χ2n) is 11.1. The fraction of sp³-hybridized carbons (Fsp3) is 0.184. The SMILES string of the molecule is COc1ccc(COc2cc(Nc3ncccc3-c3nc(C)nc(N(Cc4ccc(OC)cc4)Cc4ccc(OC)cc4)n3)ccn2)cc1. The van der Waals surface area contributed by atoms with Gasteiger partial charge in [0.25, 0.3) is 0 Å². The molecule has 11 heteroatoms. The van der Waals surface area contributed by atoms with Crippen LogP contribution in [0.25, 0.3) is 11.4 Å². The van der Waals surface area contributed by atoms with Gasteiger partial charge in [0.15, 0.2) is 5.82 Å². The van der Waals surface area contributed by atoms with Crippen LogP contribution in [0.15, 0.2) is 109 Å². The van der Waals surface area contributed by atoms with Gasteiger partial charge in [0.05, 0.1) is 26.9 Å². The third-order valence-electron chi connectivity index (χ3n) is 7.68. The van der Waals surface area contributed by atoms with Crippen LogP contribution in [0.3, 0.4) is 0 Å². The van der Waals surface area contributed by atoms with Gasteiger partial charge in [-0.15, -0.1) is 0 Å². The maximum absolute atomic E-state index is 5.98. The second-order valence-corrected chi connectivity index (χ2v) is 11.1. The Hall–Kier alpha value is -6.23. The van der Waals surface area contributed by atoms with Crippen LogP contribution < -0.4 is 29.2 Å². The van der Waals surface area contributed by atoms with E-state index in [1.165, 1.54) is 0 Å². The van der Waals surface area contributed by atoms with Crippen LogP contribution in [-0.2, 0) is 19.7 Å². The van der Waals surface area contributed by atoms with Crippen LogP contribution in [0.2, 0.25) is 0 Å². The zero-order chi connectivity index (χ0) is 34.0. The summed E-state index contributed by atoms with van der Waals surface area (Å²) in [7, 11) is 4.96. The van der Waals surface area contributed by atoms with E-state index in [9.17, 15) is 0 Å². The highest BCUT2D eigenvalue weighted by Crippen LogP contribution is 2.29. The summed E-state index contributed by atoms with van der Waals surface area (Å²) in [6, 6.07) is 31.2. The van der Waals surface area contributed by atoms with E-state index in [4.69, 9.17) is 33.9 Å². The summed E-state index contributed by atoms with van der Waals surface area (Å²) in [6.45, 7) is 3.36. The van der Waals surface area contributed by atoms with Gasteiger partial charge in [-0.25, -0.2) is 15.0 Å². The highest BCUT2D eigenvalue weighted by atomic mass is 16.5. The first-order chi connectivity index (χ1) is 24.0. The van der Waals surface area contributed by atoms with Crippen molar-refractivity contribution in [3.63, 3.8) is 0 Å². The molecule has 6 aromatic rings. The number of nitrogens with zero attached hydrogens (tertiary/aromatic N) is 6. The molecule has 0 radical (unpaired) electrons. The highest BCUT2D eigenvalue weighted by Gasteiger charge is 2.18. The molecule has 0 saturated carbocycles. The molecule has 3 aromatic heterocycles. The molecule has 0 amide bonds. The number of anilines is 3. The fourth-order valence-corrected chi connectivity index (χ4v) is 5.10. The minimum Gasteiger partial charge on any atom is -0.497 e. The van der Waals surface area contributed by atoms with Crippen molar-refractivity contribution in [3.05, 3.63) is 132 Å². The molecule has 0 atom stereocenters. The monoisotopic (exact) mass is 655 g/mol. The van der Waals surface area contributed by atoms with E-state index in [1.54, 1.807) is 33.7 Å². The maximum Gasteiger partial charge on any atom is 0.229 e. The quantitative estimate of drug-likeness (QED) is 0.128. The molecule has 3 heterocycles. The first-order valence-electron chi connectivity index (χ1n) is 15.7. The van der Waals surface area contributed by atoms with Crippen molar-refractivity contribution in [2.45, 2.75) is 26.6 Å². The summed E-state index contributed by atoms with van der Waals surface area (Å²) in [5.41, 5.74) is 4.65. The zero-order valence-corrected chi connectivity index (χ0v) is 27.8. The van der Waals surface area contributed by atoms with E-state index < -0.39 is 0 Å². The molecule has 1 N–H and O–H groups in total. The normalized spacial score (nSPS) is 10.7. The molecule has 0 aliphatic heterocycles. The number of benzene rings is 3. The van der Waals surface area contributed by atoms with Gasteiger partial charge >= 0.3 is 0 Å². The summed E-state index contributed by atoms with van der Waals surface area (Å²) in [5, 5.41) is 3.41. The minimum atomic E-state index is 0.367. The van der Waals surface area contributed by atoms with Gasteiger partial charge in [-0.1, -0.05) is 36.4 Å². The van der Waals surface area contributed by atoms with Gasteiger partial charge in [0.1, 0.15) is 35.5 Å². The van der Waals surface area contributed by atoms with Gasteiger partial charge in [0.2, 0.25) is 11.8 Å². The van der Waals surface area contributed by atoms with Gasteiger partial charge in [0, 0.05) is 37.2 Å².